The van der Waals surface area contributed by atoms with Crippen LogP contribution in [0.25, 0.3) is 5.65 Å². The predicted molar refractivity (Wildman–Crippen MR) is 91.1 cm³/mol. The van der Waals surface area contributed by atoms with Crippen molar-refractivity contribution in [2.45, 2.75) is 12.6 Å². The van der Waals surface area contributed by atoms with Crippen molar-refractivity contribution in [2.75, 3.05) is 18.0 Å². The smallest absolute Gasteiger partial charge is 0.250 e. The molecule has 1 unspecified atom stereocenters. The molecule has 0 N–H and O–H groups in total. The van der Waals surface area contributed by atoms with Gasteiger partial charge in [-0.1, -0.05) is 0 Å². The van der Waals surface area contributed by atoms with Crippen molar-refractivity contribution in [3.05, 3.63) is 58.5 Å². The monoisotopic (exact) mass is 358 g/mol. The normalized spacial score (nSPS) is 16.2. The van der Waals surface area contributed by atoms with Crippen molar-refractivity contribution in [3.8, 4) is 6.07 Å². The fraction of sp³-hybridized carbons (Fsp3) is 0.294. The van der Waals surface area contributed by atoms with Crippen molar-refractivity contribution >= 4 is 11.5 Å². The molecule has 0 aromatic carbocycles. The highest BCUT2D eigenvalue weighted by atomic mass is 19.1. The van der Waals surface area contributed by atoms with Gasteiger partial charge in [-0.25, -0.2) is 18.3 Å². The lowest BCUT2D eigenvalue weighted by Crippen LogP contribution is -2.21. The van der Waals surface area contributed by atoms with E-state index < -0.39 is 12.0 Å². The van der Waals surface area contributed by atoms with Crippen LogP contribution in [0, 0.1) is 17.1 Å². The molecule has 0 saturated carbocycles. The quantitative estimate of drug-likeness (QED) is 0.661. The highest BCUT2D eigenvalue weighted by Crippen LogP contribution is 2.21. The van der Waals surface area contributed by atoms with E-state index in [1.165, 1.54) is 23.9 Å². The maximum atomic E-state index is 13.1. The molecule has 26 heavy (non-hydrogen) atoms. The van der Waals surface area contributed by atoms with E-state index in [1.54, 1.807) is 16.8 Å². The summed E-state index contributed by atoms with van der Waals surface area (Å²) in [5, 5.41) is 12.9. The van der Waals surface area contributed by atoms with E-state index in [2.05, 4.69) is 10.1 Å². The molecule has 1 aliphatic rings. The zero-order chi connectivity index (χ0) is 18.7. The Kier molecular flexibility index (Phi) is 4.93. The van der Waals surface area contributed by atoms with E-state index >= 15 is 0 Å². The summed E-state index contributed by atoms with van der Waals surface area (Å²) in [7, 11) is 1.51. The Morgan fingerprint density at radius 1 is 1.35 bits per heavy atom. The number of fused-ring (bicyclic) bond motifs is 1. The Balaban J connectivity index is 0.000000185. The van der Waals surface area contributed by atoms with Gasteiger partial charge >= 0.3 is 0 Å². The minimum absolute atomic E-state index is 0.198. The zero-order valence-electron chi connectivity index (χ0n) is 14.0. The van der Waals surface area contributed by atoms with Gasteiger partial charge in [0.05, 0.1) is 12.7 Å². The van der Waals surface area contributed by atoms with Crippen molar-refractivity contribution in [1.29, 1.82) is 5.26 Å². The molecule has 0 amide bonds. The van der Waals surface area contributed by atoms with Gasteiger partial charge < -0.3 is 9.47 Å². The molecule has 9 heteroatoms. The van der Waals surface area contributed by atoms with Crippen molar-refractivity contribution in [1.82, 2.24) is 19.2 Å². The molecule has 134 valence electrons. The summed E-state index contributed by atoms with van der Waals surface area (Å²) < 4.78 is 28.0. The highest BCUT2D eigenvalue weighted by molar-refractivity contribution is 5.57. The number of rotatable bonds is 1. The second-order valence-electron chi connectivity index (χ2n) is 5.85. The Labute approximate surface area is 147 Å². The van der Waals surface area contributed by atoms with Crippen LogP contribution >= 0.6 is 0 Å². The lowest BCUT2D eigenvalue weighted by molar-refractivity contribution is 0.364. The van der Waals surface area contributed by atoms with Crippen LogP contribution in [0.15, 0.2) is 41.6 Å². The van der Waals surface area contributed by atoms with Gasteiger partial charge in [0.2, 0.25) is 5.56 Å². The topological polar surface area (TPSA) is 79.2 Å². The minimum Gasteiger partial charge on any atom is -0.353 e. The molecule has 7 nitrogen and oxygen atoms in total. The summed E-state index contributed by atoms with van der Waals surface area (Å²) in [6.45, 7) is 1.04. The van der Waals surface area contributed by atoms with Gasteiger partial charge in [-0.3, -0.25) is 4.79 Å². The molecule has 1 saturated heterocycles. The highest BCUT2D eigenvalue weighted by Gasteiger charge is 2.23. The number of aromatic nitrogens is 4. The summed E-state index contributed by atoms with van der Waals surface area (Å²) in [6.07, 6.45) is 4.12. The molecule has 4 heterocycles. The molecular formula is C17H16F2N6O. The molecule has 0 radical (unpaired) electrons. The number of hydrogen-bond donors (Lipinski definition) is 0. The van der Waals surface area contributed by atoms with Gasteiger partial charge in [0.15, 0.2) is 5.65 Å². The summed E-state index contributed by atoms with van der Waals surface area (Å²) in [4.78, 5) is 16.8. The van der Waals surface area contributed by atoms with E-state index in [0.717, 1.165) is 12.3 Å². The third-order valence-corrected chi connectivity index (χ3v) is 3.98. The molecular weight excluding hydrogens is 342 g/mol. The lowest BCUT2D eigenvalue weighted by Gasteiger charge is -2.15. The largest absolute Gasteiger partial charge is 0.353 e. The first-order chi connectivity index (χ1) is 12.5. The van der Waals surface area contributed by atoms with Crippen LogP contribution in [0.2, 0.25) is 0 Å². The molecule has 1 aliphatic heterocycles. The maximum Gasteiger partial charge on any atom is 0.250 e. The fourth-order valence-corrected chi connectivity index (χ4v) is 2.60. The molecule has 0 spiro atoms. The first-order valence-corrected chi connectivity index (χ1v) is 7.93. The van der Waals surface area contributed by atoms with Crippen LogP contribution in [0.1, 0.15) is 12.0 Å². The number of anilines is 1. The third-order valence-electron chi connectivity index (χ3n) is 3.98. The Hall–Kier alpha value is -3.28. The Bertz CT molecular complexity index is 1020. The second-order valence-corrected chi connectivity index (χ2v) is 5.85. The predicted octanol–water partition coefficient (Wildman–Crippen LogP) is 1.67. The number of hydrogen-bond acceptors (Lipinski definition) is 5. The fourth-order valence-electron chi connectivity index (χ4n) is 2.60. The van der Waals surface area contributed by atoms with Crippen molar-refractivity contribution in [2.24, 2.45) is 7.05 Å². The van der Waals surface area contributed by atoms with E-state index in [1.807, 2.05) is 11.0 Å². The average Bonchev–Trinajstić information content (AvgIpc) is 3.24. The van der Waals surface area contributed by atoms with Gasteiger partial charge in [0, 0.05) is 32.1 Å². The molecule has 0 bridgehead atoms. The summed E-state index contributed by atoms with van der Waals surface area (Å²) in [5.74, 6) is 0.312. The second kappa shape index (κ2) is 7.31. The van der Waals surface area contributed by atoms with E-state index in [0.29, 0.717) is 36.5 Å². The molecule has 0 aliphatic carbocycles. The van der Waals surface area contributed by atoms with Crippen LogP contribution in [-0.2, 0) is 7.05 Å². The first kappa shape index (κ1) is 17.5. The molecule has 3 aromatic heterocycles. The molecule has 3 aromatic rings. The standard InChI is InChI=1S/C11H10FN5.C6H6FNO/c12-9-1-3-16(7-9)10-2-4-17-11(15-10)8(5-13)6-14-17;1-8-4-5(7)2-3-6(8)9/h2,4,6,9H,1,3,7H2;2-4H,1H3. The molecule has 4 rings (SSSR count). The zero-order valence-corrected chi connectivity index (χ0v) is 14.0. The van der Waals surface area contributed by atoms with Crippen LogP contribution in [0.5, 0.6) is 0 Å². The van der Waals surface area contributed by atoms with E-state index in [4.69, 9.17) is 5.26 Å². The maximum absolute atomic E-state index is 13.1. The van der Waals surface area contributed by atoms with Crippen LogP contribution in [0.4, 0.5) is 14.6 Å². The van der Waals surface area contributed by atoms with Crippen LogP contribution < -0.4 is 10.5 Å². The van der Waals surface area contributed by atoms with E-state index in [9.17, 15) is 13.6 Å². The minimum atomic E-state index is -0.784. The van der Waals surface area contributed by atoms with Crippen LogP contribution in [-0.4, -0.2) is 38.4 Å². The van der Waals surface area contributed by atoms with Gasteiger partial charge in [0.25, 0.3) is 0 Å². The first-order valence-electron chi connectivity index (χ1n) is 7.93. The van der Waals surface area contributed by atoms with Gasteiger partial charge in [-0.2, -0.15) is 10.4 Å². The number of alkyl halides is 1. The molecule has 1 fully saturated rings. The molecule has 1 atom stereocenters. The summed E-state index contributed by atoms with van der Waals surface area (Å²) in [5.41, 5.74) is 0.756. The number of aryl methyl sites for hydroxylation is 1. The van der Waals surface area contributed by atoms with E-state index in [-0.39, 0.29) is 5.56 Å². The third kappa shape index (κ3) is 3.69. The van der Waals surface area contributed by atoms with Crippen molar-refractivity contribution in [3.63, 3.8) is 0 Å². The SMILES string of the molecule is Cn1cc(F)ccc1=O.N#Cc1cnn2ccc(N3CCC(F)C3)nc12. The number of nitrogens with zero attached hydrogens (tertiary/aromatic N) is 6. The van der Waals surface area contributed by atoms with Gasteiger partial charge in [0.1, 0.15) is 29.4 Å². The number of nitriles is 1. The van der Waals surface area contributed by atoms with Gasteiger partial charge in [-0.15, -0.1) is 0 Å². The Morgan fingerprint density at radius 2 is 2.15 bits per heavy atom. The number of halogens is 2. The summed E-state index contributed by atoms with van der Waals surface area (Å²) >= 11 is 0. The van der Waals surface area contributed by atoms with Crippen LogP contribution in [0.3, 0.4) is 0 Å². The lowest BCUT2D eigenvalue weighted by atomic mass is 10.3. The van der Waals surface area contributed by atoms with Crippen molar-refractivity contribution < 1.29 is 8.78 Å². The number of pyridine rings is 1. The summed E-state index contributed by atoms with van der Waals surface area (Å²) in [6, 6.07) is 6.16. The Morgan fingerprint density at radius 3 is 2.77 bits per heavy atom. The average molecular weight is 358 g/mol. The van der Waals surface area contributed by atoms with Gasteiger partial charge in [-0.05, 0) is 18.6 Å².